The molecule has 1 aromatic rings. The zero-order valence-electron chi connectivity index (χ0n) is 14.5. The number of hydrogen-bond acceptors (Lipinski definition) is 6. The minimum absolute atomic E-state index is 0.351. The van der Waals surface area contributed by atoms with Gasteiger partial charge in [0.15, 0.2) is 0 Å². The van der Waals surface area contributed by atoms with Gasteiger partial charge in [0.2, 0.25) is 17.8 Å². The zero-order chi connectivity index (χ0) is 16.0. The third-order valence-corrected chi connectivity index (χ3v) is 3.32. The molecule has 21 heavy (non-hydrogen) atoms. The van der Waals surface area contributed by atoms with Gasteiger partial charge < -0.3 is 15.1 Å². The number of rotatable bonds is 8. The lowest BCUT2D eigenvalue weighted by Crippen LogP contribution is -2.36. The first-order chi connectivity index (χ1) is 9.92. The first-order valence-electron chi connectivity index (χ1n) is 7.88. The van der Waals surface area contributed by atoms with Crippen LogP contribution >= 0.6 is 0 Å². The van der Waals surface area contributed by atoms with Crippen molar-refractivity contribution in [2.45, 2.75) is 47.6 Å². The lowest BCUT2D eigenvalue weighted by molar-refractivity contribution is 0.559. The van der Waals surface area contributed by atoms with E-state index in [0.717, 1.165) is 31.5 Å². The Kier molecular flexibility index (Phi) is 6.65. The summed E-state index contributed by atoms with van der Waals surface area (Å²) in [6.07, 6.45) is 0. The largest absolute Gasteiger partial charge is 0.357 e. The van der Waals surface area contributed by atoms with E-state index < -0.39 is 0 Å². The van der Waals surface area contributed by atoms with Gasteiger partial charge in [-0.2, -0.15) is 15.0 Å². The van der Waals surface area contributed by atoms with Crippen molar-refractivity contribution in [3.05, 3.63) is 0 Å². The molecule has 0 unspecified atom stereocenters. The van der Waals surface area contributed by atoms with Crippen molar-refractivity contribution in [1.82, 2.24) is 15.0 Å². The number of aromatic nitrogens is 3. The number of hydrogen-bond donors (Lipinski definition) is 1. The third-order valence-electron chi connectivity index (χ3n) is 3.32. The normalized spacial score (nSPS) is 11.1. The molecule has 0 aliphatic carbocycles. The summed E-state index contributed by atoms with van der Waals surface area (Å²) in [7, 11) is 1.84. The molecule has 120 valence electrons. The van der Waals surface area contributed by atoms with Gasteiger partial charge in [0.25, 0.3) is 0 Å². The summed E-state index contributed by atoms with van der Waals surface area (Å²) in [5.41, 5.74) is 0. The summed E-state index contributed by atoms with van der Waals surface area (Å²) in [5.74, 6) is 2.67. The smallest absolute Gasteiger partial charge is 0.232 e. The fourth-order valence-electron chi connectivity index (χ4n) is 2.16. The molecule has 0 radical (unpaired) electrons. The molecule has 0 aliphatic rings. The molecule has 0 spiro atoms. The van der Waals surface area contributed by atoms with Crippen LogP contribution in [0.25, 0.3) is 0 Å². The molecule has 0 aliphatic heterocycles. The standard InChI is InChI=1S/C15H30N6/c1-8-20(9-2)14-17-13(16-7)18-15(19-14)21(12(5)6)10-11(3)4/h11-12H,8-10H2,1-7H3,(H,16,17,18,19). The highest BCUT2D eigenvalue weighted by atomic mass is 15.4. The highest BCUT2D eigenvalue weighted by Gasteiger charge is 2.18. The van der Waals surface area contributed by atoms with Crippen molar-refractivity contribution in [3.63, 3.8) is 0 Å². The monoisotopic (exact) mass is 294 g/mol. The second-order valence-electron chi connectivity index (χ2n) is 5.82. The van der Waals surface area contributed by atoms with Gasteiger partial charge in [-0.15, -0.1) is 0 Å². The van der Waals surface area contributed by atoms with E-state index in [2.05, 4.69) is 71.6 Å². The molecule has 0 saturated heterocycles. The van der Waals surface area contributed by atoms with Gasteiger partial charge in [-0.1, -0.05) is 13.8 Å². The predicted octanol–water partition coefficient (Wildman–Crippen LogP) is 2.63. The number of anilines is 3. The third kappa shape index (κ3) is 4.72. The Morgan fingerprint density at radius 1 is 0.952 bits per heavy atom. The van der Waals surface area contributed by atoms with Crippen LogP contribution in [-0.2, 0) is 0 Å². The molecule has 6 nitrogen and oxygen atoms in total. The fraction of sp³-hybridized carbons (Fsp3) is 0.800. The van der Waals surface area contributed by atoms with Crippen LogP contribution in [0.1, 0.15) is 41.5 Å². The summed E-state index contributed by atoms with van der Waals surface area (Å²) in [6, 6.07) is 0.351. The highest BCUT2D eigenvalue weighted by Crippen LogP contribution is 2.19. The molecular formula is C15H30N6. The Bertz CT molecular complexity index is 428. The van der Waals surface area contributed by atoms with E-state index in [9.17, 15) is 0 Å². The van der Waals surface area contributed by atoms with Crippen molar-refractivity contribution in [2.24, 2.45) is 5.92 Å². The van der Waals surface area contributed by atoms with Crippen molar-refractivity contribution in [2.75, 3.05) is 41.8 Å². The summed E-state index contributed by atoms with van der Waals surface area (Å²) < 4.78 is 0. The summed E-state index contributed by atoms with van der Waals surface area (Å²) in [4.78, 5) is 18.1. The molecule has 6 heteroatoms. The average Bonchev–Trinajstić information content (AvgIpc) is 2.45. The SMILES string of the molecule is CCN(CC)c1nc(NC)nc(N(CC(C)C)C(C)C)n1. The molecule has 1 aromatic heterocycles. The number of nitrogens with zero attached hydrogens (tertiary/aromatic N) is 5. The Balaban J connectivity index is 3.22. The van der Waals surface area contributed by atoms with E-state index in [1.54, 1.807) is 0 Å². The van der Waals surface area contributed by atoms with Crippen LogP contribution in [0.2, 0.25) is 0 Å². The summed E-state index contributed by atoms with van der Waals surface area (Å²) in [6.45, 7) is 15.7. The lowest BCUT2D eigenvalue weighted by atomic mass is 10.2. The maximum Gasteiger partial charge on any atom is 0.232 e. The van der Waals surface area contributed by atoms with Crippen LogP contribution in [0.3, 0.4) is 0 Å². The van der Waals surface area contributed by atoms with Gasteiger partial charge >= 0.3 is 0 Å². The van der Waals surface area contributed by atoms with Crippen molar-refractivity contribution < 1.29 is 0 Å². The van der Waals surface area contributed by atoms with E-state index in [0.29, 0.717) is 17.9 Å². The van der Waals surface area contributed by atoms with Crippen LogP contribution < -0.4 is 15.1 Å². The van der Waals surface area contributed by atoms with Crippen LogP contribution in [0, 0.1) is 5.92 Å². The van der Waals surface area contributed by atoms with Gasteiger partial charge in [-0.3, -0.25) is 0 Å². The minimum atomic E-state index is 0.351. The molecule has 0 saturated carbocycles. The van der Waals surface area contributed by atoms with Gasteiger partial charge in [0, 0.05) is 32.7 Å². The first kappa shape index (κ1) is 17.5. The maximum atomic E-state index is 4.69. The maximum absolute atomic E-state index is 4.69. The first-order valence-corrected chi connectivity index (χ1v) is 7.88. The van der Waals surface area contributed by atoms with Crippen molar-refractivity contribution >= 4 is 17.8 Å². The van der Waals surface area contributed by atoms with Crippen molar-refractivity contribution in [3.8, 4) is 0 Å². The van der Waals surface area contributed by atoms with Crippen LogP contribution in [0.5, 0.6) is 0 Å². The van der Waals surface area contributed by atoms with Crippen LogP contribution in [0.15, 0.2) is 0 Å². The lowest BCUT2D eigenvalue weighted by Gasteiger charge is -2.29. The second kappa shape index (κ2) is 8.00. The molecule has 1 N–H and O–H groups in total. The summed E-state index contributed by atoms with van der Waals surface area (Å²) in [5, 5.41) is 3.04. The Morgan fingerprint density at radius 2 is 1.52 bits per heavy atom. The molecule has 0 atom stereocenters. The molecule has 0 bridgehead atoms. The fourth-order valence-corrected chi connectivity index (χ4v) is 2.16. The highest BCUT2D eigenvalue weighted by molar-refractivity contribution is 5.45. The Hall–Kier alpha value is -1.59. The Labute approximate surface area is 129 Å². The second-order valence-corrected chi connectivity index (χ2v) is 5.82. The van der Waals surface area contributed by atoms with Gasteiger partial charge in [0.05, 0.1) is 0 Å². The number of nitrogens with one attached hydrogen (secondary N) is 1. The zero-order valence-corrected chi connectivity index (χ0v) is 14.5. The van der Waals surface area contributed by atoms with E-state index in [4.69, 9.17) is 0 Å². The minimum Gasteiger partial charge on any atom is -0.357 e. The van der Waals surface area contributed by atoms with E-state index >= 15 is 0 Å². The Morgan fingerprint density at radius 3 is 1.95 bits per heavy atom. The quantitative estimate of drug-likeness (QED) is 0.795. The van der Waals surface area contributed by atoms with Gasteiger partial charge in [-0.05, 0) is 33.6 Å². The topological polar surface area (TPSA) is 57.2 Å². The van der Waals surface area contributed by atoms with Gasteiger partial charge in [-0.25, -0.2) is 0 Å². The van der Waals surface area contributed by atoms with E-state index in [1.165, 1.54) is 0 Å². The molecule has 0 fully saturated rings. The van der Waals surface area contributed by atoms with Gasteiger partial charge in [0.1, 0.15) is 0 Å². The van der Waals surface area contributed by atoms with Crippen LogP contribution in [-0.4, -0.2) is 47.7 Å². The predicted molar refractivity (Wildman–Crippen MR) is 90.3 cm³/mol. The average molecular weight is 294 g/mol. The van der Waals surface area contributed by atoms with E-state index in [-0.39, 0.29) is 0 Å². The summed E-state index contributed by atoms with van der Waals surface area (Å²) >= 11 is 0. The molecular weight excluding hydrogens is 264 g/mol. The molecule has 1 rings (SSSR count). The molecule has 0 amide bonds. The van der Waals surface area contributed by atoms with E-state index in [1.807, 2.05) is 7.05 Å². The van der Waals surface area contributed by atoms with Crippen molar-refractivity contribution in [1.29, 1.82) is 0 Å². The van der Waals surface area contributed by atoms with Crippen LogP contribution in [0.4, 0.5) is 17.8 Å². The molecule has 0 aromatic carbocycles. The molecule has 1 heterocycles.